The molecule has 0 unspecified atom stereocenters. The normalized spacial score (nSPS) is 11.5. The number of rotatable bonds is 8. The summed E-state index contributed by atoms with van der Waals surface area (Å²) in [5.74, 6) is -0.890. The number of carboxylic acids is 1. The molecule has 6 heteroatoms. The number of carbonyl (C=O) groups is 2. The van der Waals surface area contributed by atoms with Gasteiger partial charge in [0.05, 0.1) is 6.42 Å². The lowest BCUT2D eigenvalue weighted by atomic mass is 9.93. The number of hydrogen-bond donors (Lipinski definition) is 2. The van der Waals surface area contributed by atoms with E-state index in [2.05, 4.69) is 24.1 Å². The molecule has 112 valence electrons. The van der Waals surface area contributed by atoms with Gasteiger partial charge in [-0.25, -0.2) is 4.79 Å². The molecule has 0 heterocycles. The van der Waals surface area contributed by atoms with Crippen LogP contribution in [0.4, 0.5) is 4.79 Å². The Balaban J connectivity index is 4.22. The van der Waals surface area contributed by atoms with Gasteiger partial charge >= 0.3 is 12.0 Å². The maximum absolute atomic E-state index is 11.9. The average molecular weight is 273 g/mol. The van der Waals surface area contributed by atoms with Gasteiger partial charge in [-0.3, -0.25) is 4.79 Å². The van der Waals surface area contributed by atoms with E-state index in [-0.39, 0.29) is 24.4 Å². The molecule has 0 fully saturated rings. The van der Waals surface area contributed by atoms with E-state index in [4.69, 9.17) is 5.11 Å². The second kappa shape index (κ2) is 7.99. The van der Waals surface area contributed by atoms with Crippen LogP contribution in [0.1, 0.15) is 27.2 Å². The van der Waals surface area contributed by atoms with Gasteiger partial charge in [0.1, 0.15) is 0 Å². The standard InChI is InChI=1S/C13H27N3O3/c1-6-16(8-7-11(17)18)12(19)14-9-13(2,3)10-15(4)5/h6-10H2,1-5H3,(H,14,19)(H,17,18). The number of carbonyl (C=O) groups excluding carboxylic acids is 1. The van der Waals surface area contributed by atoms with Crippen molar-refractivity contribution in [1.29, 1.82) is 0 Å². The molecule has 6 nitrogen and oxygen atoms in total. The van der Waals surface area contributed by atoms with Crippen LogP contribution in [0.15, 0.2) is 0 Å². The van der Waals surface area contributed by atoms with Gasteiger partial charge in [-0.2, -0.15) is 0 Å². The summed E-state index contributed by atoms with van der Waals surface area (Å²) >= 11 is 0. The lowest BCUT2D eigenvalue weighted by Crippen LogP contribution is -2.46. The second-order valence-corrected chi connectivity index (χ2v) is 5.78. The zero-order valence-electron chi connectivity index (χ0n) is 12.7. The molecule has 0 saturated carbocycles. The lowest BCUT2D eigenvalue weighted by Gasteiger charge is -2.30. The highest BCUT2D eigenvalue weighted by atomic mass is 16.4. The number of aliphatic carboxylic acids is 1. The Hall–Kier alpha value is -1.30. The molecule has 0 aliphatic rings. The first-order chi connectivity index (χ1) is 8.68. The lowest BCUT2D eigenvalue weighted by molar-refractivity contribution is -0.137. The van der Waals surface area contributed by atoms with E-state index in [1.165, 1.54) is 4.90 Å². The summed E-state index contributed by atoms with van der Waals surface area (Å²) in [6.45, 7) is 8.19. The molecule has 0 rings (SSSR count). The van der Waals surface area contributed by atoms with Crippen molar-refractivity contribution in [2.24, 2.45) is 5.41 Å². The highest BCUT2D eigenvalue weighted by Gasteiger charge is 2.21. The predicted molar refractivity (Wildman–Crippen MR) is 75.2 cm³/mol. The Labute approximate surface area is 115 Å². The van der Waals surface area contributed by atoms with E-state index < -0.39 is 5.97 Å². The van der Waals surface area contributed by atoms with Crippen molar-refractivity contribution >= 4 is 12.0 Å². The van der Waals surface area contributed by atoms with E-state index in [0.29, 0.717) is 13.1 Å². The van der Waals surface area contributed by atoms with Crippen LogP contribution < -0.4 is 5.32 Å². The Morgan fingerprint density at radius 3 is 2.26 bits per heavy atom. The molecule has 0 aliphatic heterocycles. The molecule has 0 atom stereocenters. The number of hydrogen-bond acceptors (Lipinski definition) is 3. The summed E-state index contributed by atoms with van der Waals surface area (Å²) in [6, 6.07) is -0.199. The zero-order chi connectivity index (χ0) is 15.1. The molecule has 0 aromatic carbocycles. The second-order valence-electron chi connectivity index (χ2n) is 5.78. The summed E-state index contributed by atoms with van der Waals surface area (Å²) in [7, 11) is 3.99. The van der Waals surface area contributed by atoms with Crippen LogP contribution in [-0.4, -0.2) is 67.2 Å². The van der Waals surface area contributed by atoms with Gasteiger partial charge in [0, 0.05) is 26.2 Å². The fourth-order valence-electron chi connectivity index (χ4n) is 1.97. The molecule has 0 bridgehead atoms. The van der Waals surface area contributed by atoms with Crippen molar-refractivity contribution in [3.05, 3.63) is 0 Å². The van der Waals surface area contributed by atoms with Crippen molar-refractivity contribution in [1.82, 2.24) is 15.1 Å². The summed E-state index contributed by atoms with van der Waals surface area (Å²) in [6.07, 6.45) is -0.0254. The highest BCUT2D eigenvalue weighted by Crippen LogP contribution is 2.14. The molecule has 0 aromatic rings. The van der Waals surface area contributed by atoms with Crippen LogP contribution >= 0.6 is 0 Å². The van der Waals surface area contributed by atoms with E-state index >= 15 is 0 Å². The highest BCUT2D eigenvalue weighted by molar-refractivity contribution is 5.75. The van der Waals surface area contributed by atoms with E-state index in [9.17, 15) is 9.59 Å². The number of amides is 2. The van der Waals surface area contributed by atoms with Crippen molar-refractivity contribution in [2.45, 2.75) is 27.2 Å². The molecule has 0 radical (unpaired) electrons. The van der Waals surface area contributed by atoms with Gasteiger partial charge in [0.15, 0.2) is 0 Å². The van der Waals surface area contributed by atoms with Crippen molar-refractivity contribution in [3.8, 4) is 0 Å². The minimum atomic E-state index is -0.890. The van der Waals surface area contributed by atoms with Crippen molar-refractivity contribution in [2.75, 3.05) is 40.3 Å². The summed E-state index contributed by atoms with van der Waals surface area (Å²) in [5.41, 5.74) is -0.0225. The maximum Gasteiger partial charge on any atom is 0.317 e. The fourth-order valence-corrected chi connectivity index (χ4v) is 1.97. The summed E-state index contributed by atoms with van der Waals surface area (Å²) < 4.78 is 0. The minimum Gasteiger partial charge on any atom is -0.481 e. The van der Waals surface area contributed by atoms with Gasteiger partial charge < -0.3 is 20.2 Å². The van der Waals surface area contributed by atoms with Gasteiger partial charge in [-0.15, -0.1) is 0 Å². The topological polar surface area (TPSA) is 72.9 Å². The smallest absolute Gasteiger partial charge is 0.317 e. The molecule has 0 saturated heterocycles. The minimum absolute atomic E-state index is 0.0225. The van der Waals surface area contributed by atoms with Gasteiger partial charge in [-0.1, -0.05) is 13.8 Å². The van der Waals surface area contributed by atoms with Crippen LogP contribution in [0, 0.1) is 5.41 Å². The molecule has 2 amide bonds. The number of nitrogens with one attached hydrogen (secondary N) is 1. The molecule has 2 N–H and O–H groups in total. The van der Waals surface area contributed by atoms with E-state index in [0.717, 1.165) is 6.54 Å². The third-order valence-electron chi connectivity index (χ3n) is 2.73. The molecular weight excluding hydrogens is 246 g/mol. The third-order valence-corrected chi connectivity index (χ3v) is 2.73. The Bertz CT molecular complexity index is 304. The summed E-state index contributed by atoms with van der Waals surface area (Å²) in [5, 5.41) is 11.5. The van der Waals surface area contributed by atoms with Crippen molar-refractivity contribution < 1.29 is 14.7 Å². The monoisotopic (exact) mass is 273 g/mol. The Morgan fingerprint density at radius 2 is 1.84 bits per heavy atom. The first-order valence-corrected chi connectivity index (χ1v) is 6.57. The maximum atomic E-state index is 11.9. The first-order valence-electron chi connectivity index (χ1n) is 6.57. The SMILES string of the molecule is CCN(CCC(=O)O)C(=O)NCC(C)(C)CN(C)C. The quantitative estimate of drug-likeness (QED) is 0.694. The molecular formula is C13H27N3O3. The van der Waals surface area contributed by atoms with Crippen LogP contribution in [0.3, 0.4) is 0 Å². The van der Waals surface area contributed by atoms with Crippen molar-refractivity contribution in [3.63, 3.8) is 0 Å². The van der Waals surface area contributed by atoms with Crippen LogP contribution in [0.25, 0.3) is 0 Å². The molecule has 19 heavy (non-hydrogen) atoms. The first kappa shape index (κ1) is 17.7. The third kappa shape index (κ3) is 8.42. The van der Waals surface area contributed by atoms with Gasteiger partial charge in [-0.05, 0) is 26.4 Å². The number of carboxylic acid groups (broad SMARTS) is 1. The fraction of sp³-hybridized carbons (Fsp3) is 0.846. The zero-order valence-corrected chi connectivity index (χ0v) is 12.7. The largest absolute Gasteiger partial charge is 0.481 e. The van der Waals surface area contributed by atoms with Gasteiger partial charge in [0.2, 0.25) is 0 Å². The number of nitrogens with zero attached hydrogens (tertiary/aromatic N) is 2. The number of urea groups is 1. The predicted octanol–water partition coefficient (Wildman–Crippen LogP) is 1.08. The summed E-state index contributed by atoms with van der Waals surface area (Å²) in [4.78, 5) is 26.0. The average Bonchev–Trinajstić information content (AvgIpc) is 2.25. The molecule has 0 aliphatic carbocycles. The van der Waals surface area contributed by atoms with E-state index in [1.54, 1.807) is 0 Å². The Morgan fingerprint density at radius 1 is 1.26 bits per heavy atom. The van der Waals surface area contributed by atoms with Crippen LogP contribution in [0.5, 0.6) is 0 Å². The Kier molecular flexibility index (Phi) is 7.44. The van der Waals surface area contributed by atoms with Gasteiger partial charge in [0.25, 0.3) is 0 Å². The molecule has 0 spiro atoms. The van der Waals surface area contributed by atoms with Crippen LogP contribution in [0.2, 0.25) is 0 Å². The molecule has 0 aromatic heterocycles. The van der Waals surface area contributed by atoms with Crippen LogP contribution in [-0.2, 0) is 4.79 Å². The van der Waals surface area contributed by atoms with E-state index in [1.807, 2.05) is 21.0 Å².